The first-order valence-corrected chi connectivity index (χ1v) is 7.61. The number of thiophene rings is 1. The van der Waals surface area contributed by atoms with E-state index in [2.05, 4.69) is 34.3 Å². The first-order chi connectivity index (χ1) is 6.72. The molecule has 0 amide bonds. The second-order valence-corrected chi connectivity index (χ2v) is 6.33. The van der Waals surface area contributed by atoms with Crippen LogP contribution in [0.3, 0.4) is 0 Å². The van der Waals surface area contributed by atoms with Crippen LogP contribution in [0.15, 0.2) is 15.9 Å². The minimum Gasteiger partial charge on any atom is -0.327 e. The first kappa shape index (κ1) is 12.6. The van der Waals surface area contributed by atoms with Crippen molar-refractivity contribution in [2.24, 2.45) is 5.73 Å². The Hall–Kier alpha value is 0.490. The van der Waals surface area contributed by atoms with Crippen LogP contribution in [0.2, 0.25) is 0 Å². The third kappa shape index (κ3) is 4.82. The molecule has 0 aliphatic carbocycles. The minimum atomic E-state index is 0.303. The molecule has 4 heteroatoms. The lowest BCUT2D eigenvalue weighted by Gasteiger charge is -2.08. The molecule has 0 aliphatic rings. The van der Waals surface area contributed by atoms with Crippen LogP contribution in [0.25, 0.3) is 0 Å². The van der Waals surface area contributed by atoms with Gasteiger partial charge < -0.3 is 5.73 Å². The lowest BCUT2D eigenvalue weighted by Crippen LogP contribution is -2.25. The van der Waals surface area contributed by atoms with Gasteiger partial charge in [0.05, 0.1) is 0 Å². The van der Waals surface area contributed by atoms with Gasteiger partial charge in [-0.2, -0.15) is 11.8 Å². The lowest BCUT2D eigenvalue weighted by molar-refractivity contribution is 0.757. The molecule has 0 fully saturated rings. The molecule has 1 atom stereocenters. The zero-order valence-electron chi connectivity index (χ0n) is 8.33. The summed E-state index contributed by atoms with van der Waals surface area (Å²) in [5, 5.41) is 2.11. The van der Waals surface area contributed by atoms with Crippen molar-refractivity contribution in [3.05, 3.63) is 20.8 Å². The number of rotatable bonds is 6. The van der Waals surface area contributed by atoms with Crippen LogP contribution in [0.1, 0.15) is 18.2 Å². The number of thioether (sulfide) groups is 1. The molecule has 80 valence electrons. The summed E-state index contributed by atoms with van der Waals surface area (Å²) < 4.78 is 1.17. The third-order valence-corrected chi connectivity index (χ3v) is 4.85. The highest BCUT2D eigenvalue weighted by atomic mass is 79.9. The highest BCUT2D eigenvalue weighted by Crippen LogP contribution is 2.21. The zero-order chi connectivity index (χ0) is 10.4. The van der Waals surface area contributed by atoms with E-state index in [4.69, 9.17) is 5.73 Å². The smallest absolute Gasteiger partial charge is 0.0285 e. The zero-order valence-corrected chi connectivity index (χ0v) is 11.6. The van der Waals surface area contributed by atoms with Gasteiger partial charge in [0.25, 0.3) is 0 Å². The summed E-state index contributed by atoms with van der Waals surface area (Å²) in [6, 6.07) is 2.46. The molecule has 1 heterocycles. The van der Waals surface area contributed by atoms with E-state index >= 15 is 0 Å². The molecule has 1 aromatic rings. The lowest BCUT2D eigenvalue weighted by atomic mass is 10.2. The molecular formula is C10H16BrNS2. The van der Waals surface area contributed by atoms with Crippen molar-refractivity contribution in [1.29, 1.82) is 0 Å². The van der Waals surface area contributed by atoms with Crippen molar-refractivity contribution < 1.29 is 0 Å². The Bertz CT molecular complexity index is 262. The molecule has 1 rings (SSSR count). The molecule has 1 aromatic heterocycles. The van der Waals surface area contributed by atoms with Crippen LogP contribution in [0.4, 0.5) is 0 Å². The maximum atomic E-state index is 6.03. The van der Waals surface area contributed by atoms with Gasteiger partial charge in [-0.15, -0.1) is 11.3 Å². The molecule has 0 spiro atoms. The number of hydrogen-bond donors (Lipinski definition) is 1. The molecule has 0 saturated heterocycles. The van der Waals surface area contributed by atoms with Crippen LogP contribution in [0, 0.1) is 0 Å². The van der Waals surface area contributed by atoms with Crippen LogP contribution in [-0.2, 0) is 6.42 Å². The Morgan fingerprint density at radius 2 is 2.43 bits per heavy atom. The standard InChI is InChI=1S/C10H16BrNS2/c1-2-3-13-7-9(12)5-10-4-8(11)6-14-10/h4,6,9H,2-3,5,7,12H2,1H3. The minimum absolute atomic E-state index is 0.303. The van der Waals surface area contributed by atoms with Crippen LogP contribution < -0.4 is 5.73 Å². The predicted molar refractivity (Wildman–Crippen MR) is 71.3 cm³/mol. The SMILES string of the molecule is CCCSCC(N)Cc1cc(Br)cs1. The van der Waals surface area contributed by atoms with Crippen molar-refractivity contribution in [3.8, 4) is 0 Å². The Balaban J connectivity index is 2.23. The fourth-order valence-corrected chi connectivity index (χ4v) is 3.58. The fourth-order valence-electron chi connectivity index (χ4n) is 1.16. The van der Waals surface area contributed by atoms with Crippen molar-refractivity contribution in [2.75, 3.05) is 11.5 Å². The Morgan fingerprint density at radius 1 is 1.64 bits per heavy atom. The van der Waals surface area contributed by atoms with Crippen molar-refractivity contribution >= 4 is 39.0 Å². The number of nitrogens with two attached hydrogens (primary N) is 1. The third-order valence-electron chi connectivity index (χ3n) is 1.77. The van der Waals surface area contributed by atoms with Crippen molar-refractivity contribution in [1.82, 2.24) is 0 Å². The van der Waals surface area contributed by atoms with E-state index in [0.29, 0.717) is 6.04 Å². The summed E-state index contributed by atoms with van der Waals surface area (Å²) in [5.74, 6) is 2.30. The molecule has 2 N–H and O–H groups in total. The van der Waals surface area contributed by atoms with Gasteiger partial charge in [-0.25, -0.2) is 0 Å². The second-order valence-electron chi connectivity index (χ2n) is 3.27. The molecule has 0 aliphatic heterocycles. The summed E-state index contributed by atoms with van der Waals surface area (Å²) in [5.41, 5.74) is 6.03. The molecule has 0 aromatic carbocycles. The van der Waals surface area contributed by atoms with Crippen molar-refractivity contribution in [2.45, 2.75) is 25.8 Å². The Labute approximate surface area is 103 Å². The summed E-state index contributed by atoms with van der Waals surface area (Å²) in [6.07, 6.45) is 2.24. The van der Waals surface area contributed by atoms with Gasteiger partial charge in [-0.05, 0) is 40.6 Å². The van der Waals surface area contributed by atoms with Gasteiger partial charge >= 0.3 is 0 Å². The van der Waals surface area contributed by atoms with Gasteiger partial charge in [-0.3, -0.25) is 0 Å². The van der Waals surface area contributed by atoms with Crippen LogP contribution in [-0.4, -0.2) is 17.5 Å². The van der Waals surface area contributed by atoms with E-state index < -0.39 is 0 Å². The molecule has 1 unspecified atom stereocenters. The summed E-state index contributed by atoms with van der Waals surface area (Å²) in [4.78, 5) is 1.38. The highest BCUT2D eigenvalue weighted by Gasteiger charge is 2.05. The van der Waals surface area contributed by atoms with E-state index in [1.165, 1.54) is 21.5 Å². The topological polar surface area (TPSA) is 26.0 Å². The van der Waals surface area contributed by atoms with E-state index in [1.807, 2.05) is 11.8 Å². The largest absolute Gasteiger partial charge is 0.327 e. The monoisotopic (exact) mass is 293 g/mol. The number of hydrogen-bond acceptors (Lipinski definition) is 3. The second kappa shape index (κ2) is 6.88. The van der Waals surface area contributed by atoms with Crippen LogP contribution in [0.5, 0.6) is 0 Å². The van der Waals surface area contributed by atoms with E-state index in [0.717, 1.165) is 12.2 Å². The quantitative estimate of drug-likeness (QED) is 0.812. The first-order valence-electron chi connectivity index (χ1n) is 4.78. The van der Waals surface area contributed by atoms with Gasteiger partial charge in [0.2, 0.25) is 0 Å². The van der Waals surface area contributed by atoms with E-state index in [-0.39, 0.29) is 0 Å². The summed E-state index contributed by atoms with van der Waals surface area (Å²) in [6.45, 7) is 2.20. The maximum absolute atomic E-state index is 6.03. The van der Waals surface area contributed by atoms with Gasteiger partial charge in [-0.1, -0.05) is 6.92 Å². The molecule has 0 radical (unpaired) electrons. The number of halogens is 1. The summed E-state index contributed by atoms with van der Waals surface area (Å²) in [7, 11) is 0. The van der Waals surface area contributed by atoms with Crippen LogP contribution >= 0.6 is 39.0 Å². The molecule has 1 nitrogen and oxygen atoms in total. The van der Waals surface area contributed by atoms with E-state index in [1.54, 1.807) is 11.3 Å². The Kier molecular flexibility index (Phi) is 6.17. The van der Waals surface area contributed by atoms with Crippen molar-refractivity contribution in [3.63, 3.8) is 0 Å². The predicted octanol–water partition coefficient (Wildman–Crippen LogP) is 3.52. The molecule has 14 heavy (non-hydrogen) atoms. The average molecular weight is 294 g/mol. The Morgan fingerprint density at radius 3 is 3.00 bits per heavy atom. The van der Waals surface area contributed by atoms with Gasteiger partial charge in [0.15, 0.2) is 0 Å². The normalized spacial score (nSPS) is 13.1. The molecule has 0 bridgehead atoms. The molecular weight excluding hydrogens is 278 g/mol. The highest BCUT2D eigenvalue weighted by molar-refractivity contribution is 9.10. The van der Waals surface area contributed by atoms with Gasteiger partial charge in [0, 0.05) is 26.5 Å². The van der Waals surface area contributed by atoms with Gasteiger partial charge in [0.1, 0.15) is 0 Å². The molecule has 0 saturated carbocycles. The maximum Gasteiger partial charge on any atom is 0.0285 e. The summed E-state index contributed by atoms with van der Waals surface area (Å²) >= 11 is 7.19. The fraction of sp³-hybridized carbons (Fsp3) is 0.600. The van der Waals surface area contributed by atoms with E-state index in [9.17, 15) is 0 Å². The average Bonchev–Trinajstić information content (AvgIpc) is 2.52.